The minimum atomic E-state index is -0.717. The van der Waals surface area contributed by atoms with Crippen LogP contribution in [0.1, 0.15) is 77.3 Å². The number of benzene rings is 4. The normalized spacial score (nSPS) is 12.7. The fraction of sp³-hybridized carbons (Fsp3) is 0.250. The van der Waals surface area contributed by atoms with Crippen LogP contribution in [0.15, 0.2) is 95.6 Å². The molecule has 196 valence electrons. The van der Waals surface area contributed by atoms with E-state index in [1.165, 1.54) is 27.9 Å². The topological polar surface area (TPSA) is 31.0 Å². The van der Waals surface area contributed by atoms with Gasteiger partial charge in [0.1, 0.15) is 17.7 Å². The van der Waals surface area contributed by atoms with Gasteiger partial charge in [-0.15, -0.1) is 0 Å². The van der Waals surface area contributed by atoms with E-state index in [-0.39, 0.29) is 0 Å². The highest BCUT2D eigenvalue weighted by Crippen LogP contribution is 2.41. The number of para-hydroxylation sites is 2. The average Bonchev–Trinajstić information content (AvgIpc) is 3.53. The Labute approximate surface area is 232 Å². The number of nitrogens with zero attached hydrogens (tertiary/aromatic N) is 2. The summed E-state index contributed by atoms with van der Waals surface area (Å²) in [6.45, 7) is 12.9. The van der Waals surface area contributed by atoms with Crippen LogP contribution in [0.4, 0.5) is 0 Å². The fourth-order valence-electron chi connectivity index (χ4n) is 5.56. The lowest BCUT2D eigenvalue weighted by Crippen LogP contribution is -2.09. The predicted molar refractivity (Wildman–Crippen MR) is 164 cm³/mol. The number of hydrogen-bond acceptors (Lipinski definition) is 2. The Morgan fingerprint density at radius 3 is 2.08 bits per heavy atom. The zero-order valence-electron chi connectivity index (χ0n) is 24.6. The van der Waals surface area contributed by atoms with Gasteiger partial charge in [0.15, 0.2) is 0 Å². The van der Waals surface area contributed by atoms with Gasteiger partial charge in [-0.3, -0.25) is 4.57 Å². The minimum absolute atomic E-state index is 0.294. The van der Waals surface area contributed by atoms with Crippen molar-refractivity contribution in [1.29, 1.82) is 0 Å². The van der Waals surface area contributed by atoms with Crippen molar-refractivity contribution < 1.29 is 5.79 Å². The first-order valence-electron chi connectivity index (χ1n) is 14.4. The standard InChI is InChI=1S/C36H36N2O/c1-22(2)26-16-17-34-30(18-26)31(21-39-34)36-37-32-14-10-11-15-33(32)38(36)35-28(23(3)4)19-27(20-29(35)24(5)6)25-12-8-7-9-13-25/h7-24H,1-6H3/i22D. The smallest absolute Gasteiger partial charge is 0.149 e. The summed E-state index contributed by atoms with van der Waals surface area (Å²) in [5, 5.41) is 0.979. The van der Waals surface area contributed by atoms with Gasteiger partial charge in [-0.2, -0.15) is 0 Å². The molecule has 6 rings (SSSR count). The quantitative estimate of drug-likeness (QED) is 0.222. The molecule has 0 aliphatic heterocycles. The highest BCUT2D eigenvalue weighted by molar-refractivity contribution is 5.96. The SMILES string of the molecule is [2H]C(C)(C)c1ccc2occ(-c3nc4ccccc4n3-c3c(C(C)C)cc(-c4ccccc4)cc3C(C)C)c2c1. The van der Waals surface area contributed by atoms with Crippen LogP contribution < -0.4 is 0 Å². The van der Waals surface area contributed by atoms with Gasteiger partial charge >= 0.3 is 0 Å². The van der Waals surface area contributed by atoms with Crippen molar-refractivity contribution in [2.75, 3.05) is 0 Å². The summed E-state index contributed by atoms with van der Waals surface area (Å²) in [7, 11) is 0. The number of hydrogen-bond donors (Lipinski definition) is 0. The summed E-state index contributed by atoms with van der Waals surface area (Å²) in [4.78, 5) is 5.21. The van der Waals surface area contributed by atoms with Gasteiger partial charge < -0.3 is 4.42 Å². The summed E-state index contributed by atoms with van der Waals surface area (Å²) >= 11 is 0. The molecular weight excluding hydrogens is 476 g/mol. The molecule has 0 unspecified atom stereocenters. The van der Waals surface area contributed by atoms with Crippen molar-refractivity contribution in [3.8, 4) is 28.2 Å². The van der Waals surface area contributed by atoms with Gasteiger partial charge in [0.2, 0.25) is 0 Å². The molecule has 3 heteroatoms. The zero-order valence-corrected chi connectivity index (χ0v) is 23.6. The fourth-order valence-corrected chi connectivity index (χ4v) is 5.56. The van der Waals surface area contributed by atoms with E-state index in [2.05, 4.69) is 99.0 Å². The molecule has 2 heterocycles. The predicted octanol–water partition coefficient (Wildman–Crippen LogP) is 10.5. The summed E-state index contributed by atoms with van der Waals surface area (Å²) < 4.78 is 17.1. The van der Waals surface area contributed by atoms with Crippen molar-refractivity contribution >= 4 is 22.0 Å². The molecule has 2 aromatic heterocycles. The number of aromatic nitrogens is 2. The Balaban J connectivity index is 1.70. The molecular formula is C36H36N2O. The Kier molecular flexibility index (Phi) is 6.08. The maximum atomic E-state index is 8.63. The number of furan rings is 1. The third-order valence-corrected chi connectivity index (χ3v) is 7.70. The first-order valence-corrected chi connectivity index (χ1v) is 13.9. The van der Waals surface area contributed by atoms with Crippen LogP contribution in [-0.4, -0.2) is 9.55 Å². The third-order valence-electron chi connectivity index (χ3n) is 7.70. The van der Waals surface area contributed by atoms with Crippen molar-refractivity contribution in [1.82, 2.24) is 9.55 Å². The van der Waals surface area contributed by atoms with E-state index in [4.69, 9.17) is 10.8 Å². The summed E-state index contributed by atoms with van der Waals surface area (Å²) in [5.41, 5.74) is 10.9. The highest BCUT2D eigenvalue weighted by atomic mass is 16.3. The first-order chi connectivity index (χ1) is 19.1. The minimum Gasteiger partial charge on any atom is -0.464 e. The van der Waals surface area contributed by atoms with Crippen LogP contribution in [0.3, 0.4) is 0 Å². The van der Waals surface area contributed by atoms with Crippen LogP contribution in [0, 0.1) is 0 Å². The van der Waals surface area contributed by atoms with E-state index in [0.717, 1.165) is 39.0 Å². The van der Waals surface area contributed by atoms with Gasteiger partial charge in [-0.1, -0.05) is 90.1 Å². The maximum absolute atomic E-state index is 8.63. The second-order valence-corrected chi connectivity index (χ2v) is 11.3. The number of fused-ring (bicyclic) bond motifs is 2. The molecule has 0 N–H and O–H groups in total. The van der Waals surface area contributed by atoms with Crippen LogP contribution in [0.25, 0.3) is 50.2 Å². The van der Waals surface area contributed by atoms with Crippen molar-refractivity contribution in [2.45, 2.75) is 59.3 Å². The largest absolute Gasteiger partial charge is 0.464 e. The van der Waals surface area contributed by atoms with Crippen LogP contribution in [-0.2, 0) is 0 Å². The molecule has 0 spiro atoms. The zero-order chi connectivity index (χ0) is 28.2. The van der Waals surface area contributed by atoms with Crippen LogP contribution >= 0.6 is 0 Å². The molecule has 3 nitrogen and oxygen atoms in total. The average molecular weight is 514 g/mol. The molecule has 0 atom stereocenters. The molecule has 0 saturated heterocycles. The lowest BCUT2D eigenvalue weighted by molar-refractivity contribution is 0.616. The molecule has 0 saturated carbocycles. The molecule has 0 aliphatic rings. The molecule has 0 bridgehead atoms. The number of imidazole rings is 1. The third kappa shape index (κ3) is 4.36. The van der Waals surface area contributed by atoms with Gasteiger partial charge in [0, 0.05) is 6.76 Å². The molecule has 0 radical (unpaired) electrons. The molecule has 6 aromatic rings. The molecule has 39 heavy (non-hydrogen) atoms. The van der Waals surface area contributed by atoms with Crippen molar-refractivity contribution in [3.05, 3.63) is 108 Å². The lowest BCUT2D eigenvalue weighted by atomic mass is 9.88. The maximum Gasteiger partial charge on any atom is 0.149 e. The molecule has 0 fully saturated rings. The van der Waals surface area contributed by atoms with Crippen LogP contribution in [0.2, 0.25) is 0 Å². The molecule has 0 aliphatic carbocycles. The lowest BCUT2D eigenvalue weighted by Gasteiger charge is -2.24. The van der Waals surface area contributed by atoms with Gasteiger partial charge in [-0.25, -0.2) is 4.98 Å². The molecule has 0 amide bonds. The summed E-state index contributed by atoms with van der Waals surface area (Å²) in [6, 6.07) is 29.8. The Morgan fingerprint density at radius 2 is 1.41 bits per heavy atom. The van der Waals surface area contributed by atoms with E-state index in [9.17, 15) is 0 Å². The second-order valence-electron chi connectivity index (χ2n) is 11.3. The summed E-state index contributed by atoms with van der Waals surface area (Å²) in [5.74, 6) is 0.728. The Morgan fingerprint density at radius 1 is 0.744 bits per heavy atom. The van der Waals surface area contributed by atoms with Gasteiger partial charge in [0.05, 0.1) is 22.3 Å². The van der Waals surface area contributed by atoms with Gasteiger partial charge in [0.25, 0.3) is 0 Å². The van der Waals surface area contributed by atoms with E-state index >= 15 is 0 Å². The van der Waals surface area contributed by atoms with Gasteiger partial charge in [-0.05, 0) is 81.9 Å². The van der Waals surface area contributed by atoms with Crippen LogP contribution in [0.5, 0.6) is 0 Å². The van der Waals surface area contributed by atoms with Crippen molar-refractivity contribution in [2.24, 2.45) is 0 Å². The highest BCUT2D eigenvalue weighted by Gasteiger charge is 2.25. The number of rotatable bonds is 6. The summed E-state index contributed by atoms with van der Waals surface area (Å²) in [6.07, 6.45) is 1.82. The van der Waals surface area contributed by atoms with E-state index in [1.54, 1.807) is 0 Å². The Bertz CT molecular complexity index is 1810. The van der Waals surface area contributed by atoms with E-state index in [0.29, 0.717) is 11.8 Å². The van der Waals surface area contributed by atoms with E-state index in [1.807, 2.05) is 38.3 Å². The van der Waals surface area contributed by atoms with Crippen molar-refractivity contribution in [3.63, 3.8) is 0 Å². The van der Waals surface area contributed by atoms with E-state index < -0.39 is 5.89 Å². The molecule has 4 aromatic carbocycles. The monoisotopic (exact) mass is 513 g/mol. The second kappa shape index (κ2) is 9.89. The Hall–Kier alpha value is -4.11. The first kappa shape index (κ1) is 24.0.